The summed E-state index contributed by atoms with van der Waals surface area (Å²) < 4.78 is 26.0. The highest BCUT2D eigenvalue weighted by Crippen LogP contribution is 2.19. The summed E-state index contributed by atoms with van der Waals surface area (Å²) in [6.45, 7) is 7.92. The molecule has 1 aromatic carbocycles. The van der Waals surface area contributed by atoms with Gasteiger partial charge in [0.25, 0.3) is 0 Å². The van der Waals surface area contributed by atoms with Crippen molar-refractivity contribution in [2.75, 3.05) is 5.75 Å². The van der Waals surface area contributed by atoms with E-state index in [1.54, 1.807) is 0 Å². The molecule has 4 nitrogen and oxygen atoms in total. The van der Waals surface area contributed by atoms with Gasteiger partial charge in [0.15, 0.2) is 0 Å². The predicted octanol–water partition coefficient (Wildman–Crippen LogP) is 3.53. The van der Waals surface area contributed by atoms with Crippen molar-refractivity contribution in [1.82, 2.24) is 4.72 Å². The minimum atomic E-state index is -3.53. The van der Waals surface area contributed by atoms with E-state index in [1.807, 2.05) is 45.9 Å². The Labute approximate surface area is 140 Å². The first-order valence-electron chi connectivity index (χ1n) is 8.15. The van der Waals surface area contributed by atoms with Crippen molar-refractivity contribution >= 4 is 15.9 Å². The number of rotatable bonds is 8. The van der Waals surface area contributed by atoms with Crippen molar-refractivity contribution in [3.63, 3.8) is 0 Å². The quantitative estimate of drug-likeness (QED) is 0.788. The van der Waals surface area contributed by atoms with Gasteiger partial charge in [-0.05, 0) is 36.2 Å². The summed E-state index contributed by atoms with van der Waals surface area (Å²) in [4.78, 5) is 11.9. The van der Waals surface area contributed by atoms with Crippen LogP contribution in [-0.4, -0.2) is 20.1 Å². The smallest absolute Gasteiger partial charge is 0.234 e. The zero-order valence-corrected chi connectivity index (χ0v) is 15.4. The molecule has 23 heavy (non-hydrogen) atoms. The maximum Gasteiger partial charge on any atom is 0.234 e. The standard InChI is InChI=1S/C18H29NO3S/c1-15(10-11-16-8-6-5-7-9-16)14-17(20)19-23(21,22)13-12-18(2,3)4/h5-9,15H,10-14H2,1-4H3,(H,19,20). The fourth-order valence-electron chi connectivity index (χ4n) is 2.18. The van der Waals surface area contributed by atoms with Crippen LogP contribution in [0.2, 0.25) is 0 Å². The van der Waals surface area contributed by atoms with Crippen LogP contribution in [0.25, 0.3) is 0 Å². The van der Waals surface area contributed by atoms with Crippen LogP contribution in [0.4, 0.5) is 0 Å². The number of sulfonamides is 1. The summed E-state index contributed by atoms with van der Waals surface area (Å²) in [5.74, 6) is -0.270. The minimum Gasteiger partial charge on any atom is -0.274 e. The molecule has 1 atom stereocenters. The molecule has 0 aliphatic rings. The van der Waals surface area contributed by atoms with Crippen LogP contribution in [-0.2, 0) is 21.2 Å². The van der Waals surface area contributed by atoms with E-state index in [0.717, 1.165) is 12.8 Å². The average Bonchev–Trinajstić information content (AvgIpc) is 2.43. The Kier molecular flexibility index (Phi) is 7.26. The third-order valence-electron chi connectivity index (χ3n) is 3.69. The molecular formula is C18H29NO3S. The molecule has 1 aromatic rings. The molecule has 0 radical (unpaired) electrons. The first-order chi connectivity index (χ1) is 10.6. The molecule has 0 aliphatic heterocycles. The fourth-order valence-corrected chi connectivity index (χ4v) is 3.60. The van der Waals surface area contributed by atoms with Gasteiger partial charge in [0.1, 0.15) is 0 Å². The predicted molar refractivity (Wildman–Crippen MR) is 94.5 cm³/mol. The minimum absolute atomic E-state index is 0.0133. The normalized spacial score (nSPS) is 13.6. The van der Waals surface area contributed by atoms with Crippen molar-refractivity contribution in [3.05, 3.63) is 35.9 Å². The Bertz CT molecular complexity index is 588. The lowest BCUT2D eigenvalue weighted by atomic mass is 9.94. The second-order valence-corrected chi connectivity index (χ2v) is 9.33. The van der Waals surface area contributed by atoms with Crippen LogP contribution in [0.5, 0.6) is 0 Å². The van der Waals surface area contributed by atoms with Gasteiger partial charge in [-0.3, -0.25) is 9.52 Å². The van der Waals surface area contributed by atoms with E-state index in [9.17, 15) is 13.2 Å². The topological polar surface area (TPSA) is 63.2 Å². The molecule has 1 N–H and O–H groups in total. The van der Waals surface area contributed by atoms with Crippen molar-refractivity contribution < 1.29 is 13.2 Å². The van der Waals surface area contributed by atoms with E-state index in [1.165, 1.54) is 5.56 Å². The lowest BCUT2D eigenvalue weighted by Crippen LogP contribution is -2.34. The largest absolute Gasteiger partial charge is 0.274 e. The second-order valence-electron chi connectivity index (χ2n) is 7.49. The first-order valence-corrected chi connectivity index (χ1v) is 9.80. The highest BCUT2D eigenvalue weighted by molar-refractivity contribution is 7.90. The van der Waals surface area contributed by atoms with Crippen molar-refractivity contribution in [1.29, 1.82) is 0 Å². The van der Waals surface area contributed by atoms with Crippen LogP contribution < -0.4 is 4.72 Å². The molecule has 5 heteroatoms. The van der Waals surface area contributed by atoms with Gasteiger partial charge in [-0.15, -0.1) is 0 Å². The fraction of sp³-hybridized carbons (Fsp3) is 0.611. The molecule has 0 heterocycles. The molecule has 0 aliphatic carbocycles. The molecule has 1 amide bonds. The van der Waals surface area contributed by atoms with Gasteiger partial charge in [-0.25, -0.2) is 8.42 Å². The van der Waals surface area contributed by atoms with E-state index in [-0.39, 0.29) is 23.5 Å². The number of nitrogens with one attached hydrogen (secondary N) is 1. The summed E-state index contributed by atoms with van der Waals surface area (Å²) in [6.07, 6.45) is 2.52. The Balaban J connectivity index is 2.37. The van der Waals surface area contributed by atoms with Gasteiger partial charge in [-0.2, -0.15) is 0 Å². The average molecular weight is 340 g/mol. The highest BCUT2D eigenvalue weighted by atomic mass is 32.2. The molecule has 0 bridgehead atoms. The maximum atomic E-state index is 11.9. The van der Waals surface area contributed by atoms with Gasteiger partial charge >= 0.3 is 0 Å². The molecule has 130 valence electrons. The Hall–Kier alpha value is -1.36. The summed E-state index contributed by atoms with van der Waals surface area (Å²) in [6, 6.07) is 10.1. The molecule has 0 saturated carbocycles. The third kappa shape index (κ3) is 9.39. The molecular weight excluding hydrogens is 310 g/mol. The van der Waals surface area contributed by atoms with Crippen LogP contribution in [0.15, 0.2) is 30.3 Å². The molecule has 0 spiro atoms. The van der Waals surface area contributed by atoms with E-state index >= 15 is 0 Å². The van der Waals surface area contributed by atoms with Crippen LogP contribution in [0.1, 0.15) is 52.5 Å². The monoisotopic (exact) mass is 339 g/mol. The molecule has 0 aromatic heterocycles. The van der Waals surface area contributed by atoms with E-state index in [4.69, 9.17) is 0 Å². The third-order valence-corrected chi connectivity index (χ3v) is 4.97. The Morgan fingerprint density at radius 2 is 1.78 bits per heavy atom. The first kappa shape index (κ1) is 19.7. The number of benzene rings is 1. The maximum absolute atomic E-state index is 11.9. The second kappa shape index (κ2) is 8.48. The van der Waals surface area contributed by atoms with Gasteiger partial charge < -0.3 is 0 Å². The highest BCUT2D eigenvalue weighted by Gasteiger charge is 2.20. The van der Waals surface area contributed by atoms with Crippen LogP contribution in [0.3, 0.4) is 0 Å². The van der Waals surface area contributed by atoms with E-state index < -0.39 is 15.9 Å². The Morgan fingerprint density at radius 1 is 1.17 bits per heavy atom. The number of amides is 1. The van der Waals surface area contributed by atoms with E-state index in [0.29, 0.717) is 6.42 Å². The SMILES string of the molecule is CC(CCc1ccccc1)CC(=O)NS(=O)(=O)CCC(C)(C)C. The Morgan fingerprint density at radius 3 is 2.35 bits per heavy atom. The number of carbonyl (C=O) groups excluding carboxylic acids is 1. The summed E-state index contributed by atoms with van der Waals surface area (Å²) in [7, 11) is -3.53. The summed E-state index contributed by atoms with van der Waals surface area (Å²) in [5, 5.41) is 0. The van der Waals surface area contributed by atoms with Gasteiger partial charge in [-0.1, -0.05) is 58.0 Å². The van der Waals surface area contributed by atoms with Gasteiger partial charge in [0, 0.05) is 6.42 Å². The van der Waals surface area contributed by atoms with Crippen molar-refractivity contribution in [2.24, 2.45) is 11.3 Å². The number of hydrogen-bond donors (Lipinski definition) is 1. The van der Waals surface area contributed by atoms with E-state index in [2.05, 4.69) is 16.9 Å². The number of hydrogen-bond acceptors (Lipinski definition) is 3. The molecule has 1 rings (SSSR count). The molecule has 0 fully saturated rings. The van der Waals surface area contributed by atoms with Gasteiger partial charge in [0.05, 0.1) is 5.75 Å². The lowest BCUT2D eigenvalue weighted by Gasteiger charge is -2.18. The molecule has 1 unspecified atom stereocenters. The summed E-state index contributed by atoms with van der Waals surface area (Å²) >= 11 is 0. The number of aryl methyl sites for hydroxylation is 1. The van der Waals surface area contributed by atoms with Crippen LogP contribution >= 0.6 is 0 Å². The van der Waals surface area contributed by atoms with Gasteiger partial charge in [0.2, 0.25) is 15.9 Å². The van der Waals surface area contributed by atoms with Crippen molar-refractivity contribution in [2.45, 2.75) is 53.4 Å². The van der Waals surface area contributed by atoms with Crippen LogP contribution in [0, 0.1) is 11.3 Å². The number of carbonyl (C=O) groups is 1. The zero-order chi connectivity index (χ0) is 17.5. The summed E-state index contributed by atoms with van der Waals surface area (Å²) in [5.41, 5.74) is 1.17. The zero-order valence-electron chi connectivity index (χ0n) is 14.6. The molecule has 0 saturated heterocycles. The lowest BCUT2D eigenvalue weighted by molar-refractivity contribution is -0.120. The van der Waals surface area contributed by atoms with Crippen molar-refractivity contribution in [3.8, 4) is 0 Å².